The van der Waals surface area contributed by atoms with Gasteiger partial charge in [0.1, 0.15) is 11.4 Å². The molecule has 0 radical (unpaired) electrons. The molecule has 0 amide bonds. The van der Waals surface area contributed by atoms with Crippen molar-refractivity contribution in [1.82, 2.24) is 10.1 Å². The Bertz CT molecular complexity index is 586. The molecule has 0 saturated carbocycles. The molecule has 5 nitrogen and oxygen atoms in total. The quantitative estimate of drug-likeness (QED) is 0.932. The standard InChI is InChI=1S/C12H13BrFN3O2/c1-12(15,6-18-2)11-16-10(19-17-11)8-4-3-7(14)5-9(8)13/h3-5H,6,15H2,1-2H3. The zero-order valence-electron chi connectivity index (χ0n) is 10.5. The second-order valence-corrected chi connectivity index (χ2v) is 5.25. The summed E-state index contributed by atoms with van der Waals surface area (Å²) in [7, 11) is 1.54. The van der Waals surface area contributed by atoms with Crippen LogP contribution in [0.5, 0.6) is 0 Å². The van der Waals surface area contributed by atoms with E-state index in [-0.39, 0.29) is 18.3 Å². The summed E-state index contributed by atoms with van der Waals surface area (Å²) in [6.45, 7) is 2.00. The maximum absolute atomic E-state index is 13.0. The van der Waals surface area contributed by atoms with Crippen molar-refractivity contribution >= 4 is 15.9 Å². The largest absolute Gasteiger partial charge is 0.382 e. The smallest absolute Gasteiger partial charge is 0.259 e. The molecule has 0 saturated heterocycles. The minimum atomic E-state index is -0.844. The number of halogens is 2. The molecule has 0 spiro atoms. The molecule has 7 heteroatoms. The SMILES string of the molecule is COCC(C)(N)c1noc(-c2ccc(F)cc2Br)n1. The van der Waals surface area contributed by atoms with E-state index >= 15 is 0 Å². The Morgan fingerprint density at radius 2 is 2.26 bits per heavy atom. The summed E-state index contributed by atoms with van der Waals surface area (Å²) < 4.78 is 23.7. The van der Waals surface area contributed by atoms with E-state index in [9.17, 15) is 4.39 Å². The summed E-state index contributed by atoms with van der Waals surface area (Å²) in [5.41, 5.74) is 5.78. The van der Waals surface area contributed by atoms with Crippen LogP contribution in [0.1, 0.15) is 12.7 Å². The van der Waals surface area contributed by atoms with Crippen molar-refractivity contribution in [2.24, 2.45) is 5.73 Å². The van der Waals surface area contributed by atoms with Crippen molar-refractivity contribution in [1.29, 1.82) is 0 Å². The Morgan fingerprint density at radius 3 is 2.89 bits per heavy atom. The number of benzene rings is 1. The maximum Gasteiger partial charge on any atom is 0.259 e. The van der Waals surface area contributed by atoms with Crippen LogP contribution in [0.15, 0.2) is 27.2 Å². The molecule has 0 aliphatic carbocycles. The first-order valence-electron chi connectivity index (χ1n) is 5.51. The summed E-state index contributed by atoms with van der Waals surface area (Å²) >= 11 is 3.25. The van der Waals surface area contributed by atoms with E-state index in [0.717, 1.165) is 0 Å². The minimum absolute atomic E-state index is 0.260. The van der Waals surface area contributed by atoms with E-state index in [4.69, 9.17) is 15.0 Å². The summed E-state index contributed by atoms with van der Waals surface area (Å²) in [6, 6.07) is 4.21. The first-order valence-corrected chi connectivity index (χ1v) is 6.31. The van der Waals surface area contributed by atoms with Crippen LogP contribution in [-0.2, 0) is 10.3 Å². The third kappa shape index (κ3) is 2.99. The first-order chi connectivity index (χ1) is 8.94. The van der Waals surface area contributed by atoms with E-state index in [1.165, 1.54) is 12.1 Å². The highest BCUT2D eigenvalue weighted by molar-refractivity contribution is 9.10. The van der Waals surface area contributed by atoms with Gasteiger partial charge in [0, 0.05) is 11.6 Å². The number of rotatable bonds is 4. The lowest BCUT2D eigenvalue weighted by atomic mass is 10.1. The molecule has 1 aromatic carbocycles. The zero-order chi connectivity index (χ0) is 14.0. The van der Waals surface area contributed by atoms with Crippen molar-refractivity contribution in [3.8, 4) is 11.5 Å². The van der Waals surface area contributed by atoms with Gasteiger partial charge in [-0.15, -0.1) is 0 Å². The first kappa shape index (κ1) is 14.1. The highest BCUT2D eigenvalue weighted by atomic mass is 79.9. The average molecular weight is 330 g/mol. The Labute approximate surface area is 118 Å². The van der Waals surface area contributed by atoms with Gasteiger partial charge in [0.05, 0.1) is 12.2 Å². The highest BCUT2D eigenvalue weighted by Gasteiger charge is 2.28. The van der Waals surface area contributed by atoms with Crippen LogP contribution in [0.2, 0.25) is 0 Å². The number of hydrogen-bond acceptors (Lipinski definition) is 5. The van der Waals surface area contributed by atoms with Crippen LogP contribution in [0.25, 0.3) is 11.5 Å². The molecule has 2 aromatic rings. The molecule has 1 unspecified atom stereocenters. The van der Waals surface area contributed by atoms with Crippen LogP contribution >= 0.6 is 15.9 Å². The maximum atomic E-state index is 13.0. The molecule has 1 heterocycles. The van der Waals surface area contributed by atoms with Gasteiger partial charge in [0.15, 0.2) is 5.82 Å². The molecular formula is C12H13BrFN3O2. The summed E-state index contributed by atoms with van der Waals surface area (Å²) in [4.78, 5) is 4.23. The predicted molar refractivity (Wildman–Crippen MR) is 70.8 cm³/mol. The lowest BCUT2D eigenvalue weighted by Crippen LogP contribution is -2.38. The van der Waals surface area contributed by atoms with Crippen LogP contribution in [-0.4, -0.2) is 23.9 Å². The topological polar surface area (TPSA) is 74.2 Å². The van der Waals surface area contributed by atoms with Crippen molar-refractivity contribution in [3.63, 3.8) is 0 Å². The molecule has 19 heavy (non-hydrogen) atoms. The summed E-state index contributed by atoms with van der Waals surface area (Å²) in [5.74, 6) is 0.258. The van der Waals surface area contributed by atoms with Crippen LogP contribution in [0.3, 0.4) is 0 Å². The molecule has 102 valence electrons. The van der Waals surface area contributed by atoms with Gasteiger partial charge in [0.2, 0.25) is 0 Å². The van der Waals surface area contributed by atoms with Gasteiger partial charge in [-0.05, 0) is 41.1 Å². The molecule has 2 rings (SSSR count). The predicted octanol–water partition coefficient (Wildman–Crippen LogP) is 2.46. The second-order valence-electron chi connectivity index (χ2n) is 4.40. The van der Waals surface area contributed by atoms with Gasteiger partial charge in [-0.3, -0.25) is 0 Å². The Hall–Kier alpha value is -1.31. The molecule has 0 aliphatic heterocycles. The Morgan fingerprint density at radius 1 is 1.53 bits per heavy atom. The molecule has 0 bridgehead atoms. The number of ether oxygens (including phenoxy) is 1. The molecular weight excluding hydrogens is 317 g/mol. The van der Waals surface area contributed by atoms with E-state index in [1.807, 2.05) is 0 Å². The minimum Gasteiger partial charge on any atom is -0.382 e. The fourth-order valence-corrected chi connectivity index (χ4v) is 2.11. The van der Waals surface area contributed by atoms with Gasteiger partial charge in [0.25, 0.3) is 5.89 Å². The molecule has 0 aliphatic rings. The number of nitrogens with zero attached hydrogens (tertiary/aromatic N) is 2. The lowest BCUT2D eigenvalue weighted by Gasteiger charge is -2.18. The van der Waals surface area contributed by atoms with Crippen molar-refractivity contribution < 1.29 is 13.7 Å². The van der Waals surface area contributed by atoms with Crippen LogP contribution < -0.4 is 5.73 Å². The fraction of sp³-hybridized carbons (Fsp3) is 0.333. The van der Waals surface area contributed by atoms with Crippen molar-refractivity contribution in [3.05, 3.63) is 34.3 Å². The third-order valence-corrected chi connectivity index (χ3v) is 3.20. The van der Waals surface area contributed by atoms with Gasteiger partial charge >= 0.3 is 0 Å². The molecule has 2 N–H and O–H groups in total. The van der Waals surface area contributed by atoms with E-state index < -0.39 is 5.54 Å². The third-order valence-electron chi connectivity index (χ3n) is 2.54. The molecule has 1 atom stereocenters. The highest BCUT2D eigenvalue weighted by Crippen LogP contribution is 2.28. The van der Waals surface area contributed by atoms with Gasteiger partial charge in [-0.2, -0.15) is 4.98 Å². The second kappa shape index (κ2) is 5.36. The average Bonchev–Trinajstić information content (AvgIpc) is 2.78. The van der Waals surface area contributed by atoms with Crippen molar-refractivity contribution in [2.75, 3.05) is 13.7 Å². The normalized spacial score (nSPS) is 14.4. The Kier molecular flexibility index (Phi) is 3.98. The van der Waals surface area contributed by atoms with E-state index in [1.54, 1.807) is 20.1 Å². The van der Waals surface area contributed by atoms with Crippen LogP contribution in [0, 0.1) is 5.82 Å². The number of methoxy groups -OCH3 is 1. The summed E-state index contributed by atoms with van der Waals surface area (Å²) in [5, 5.41) is 3.84. The summed E-state index contributed by atoms with van der Waals surface area (Å²) in [6.07, 6.45) is 0. The van der Waals surface area contributed by atoms with Crippen LogP contribution in [0.4, 0.5) is 4.39 Å². The van der Waals surface area contributed by atoms with E-state index in [0.29, 0.717) is 15.9 Å². The zero-order valence-corrected chi connectivity index (χ0v) is 12.1. The molecule has 0 fully saturated rings. The van der Waals surface area contributed by atoms with Crippen molar-refractivity contribution in [2.45, 2.75) is 12.5 Å². The van der Waals surface area contributed by atoms with Gasteiger partial charge in [-0.25, -0.2) is 4.39 Å². The Balaban J connectivity index is 2.35. The van der Waals surface area contributed by atoms with E-state index in [2.05, 4.69) is 26.1 Å². The number of hydrogen-bond donors (Lipinski definition) is 1. The molecule has 1 aromatic heterocycles. The fourth-order valence-electron chi connectivity index (χ4n) is 1.59. The number of aromatic nitrogens is 2. The van der Waals surface area contributed by atoms with Gasteiger partial charge in [-0.1, -0.05) is 5.16 Å². The van der Waals surface area contributed by atoms with Gasteiger partial charge < -0.3 is 15.0 Å². The monoisotopic (exact) mass is 329 g/mol. The number of nitrogens with two attached hydrogens (primary N) is 1. The lowest BCUT2D eigenvalue weighted by molar-refractivity contribution is 0.135.